The molecule has 1 aliphatic rings. The molecular weight excluding hydrogens is 435 g/mol. The highest BCUT2D eigenvalue weighted by Crippen LogP contribution is 2.36. The van der Waals surface area contributed by atoms with Gasteiger partial charge in [-0.1, -0.05) is 30.3 Å². The third-order valence-electron chi connectivity index (χ3n) is 5.29. The SMILES string of the molecule is O=C(O)c1ccc(S(=O)(=O)N2c3ccccc3CCC2C(=O)Nc2ccccc2F)cc1. The molecule has 0 aliphatic carbocycles. The van der Waals surface area contributed by atoms with Gasteiger partial charge < -0.3 is 10.4 Å². The van der Waals surface area contributed by atoms with E-state index in [9.17, 15) is 22.4 Å². The van der Waals surface area contributed by atoms with Crippen LogP contribution in [0.1, 0.15) is 22.3 Å². The molecule has 1 aliphatic heterocycles. The molecular formula is C23H19FN2O5S. The molecule has 1 unspecified atom stereocenters. The van der Waals surface area contributed by atoms with Gasteiger partial charge in [0.25, 0.3) is 10.0 Å². The highest BCUT2D eigenvalue weighted by atomic mass is 32.2. The summed E-state index contributed by atoms with van der Waals surface area (Å²) in [5.41, 5.74) is 1.01. The van der Waals surface area contributed by atoms with Crippen LogP contribution in [0.25, 0.3) is 0 Å². The van der Waals surface area contributed by atoms with E-state index >= 15 is 0 Å². The number of aromatic carboxylic acids is 1. The molecule has 9 heteroatoms. The van der Waals surface area contributed by atoms with E-state index < -0.39 is 33.8 Å². The van der Waals surface area contributed by atoms with E-state index in [1.807, 2.05) is 0 Å². The predicted molar refractivity (Wildman–Crippen MR) is 117 cm³/mol. The number of para-hydroxylation sites is 2. The van der Waals surface area contributed by atoms with Crippen LogP contribution in [0.4, 0.5) is 15.8 Å². The summed E-state index contributed by atoms with van der Waals surface area (Å²) in [5, 5.41) is 11.6. The summed E-state index contributed by atoms with van der Waals surface area (Å²) in [6, 6.07) is 16.2. The number of benzene rings is 3. The van der Waals surface area contributed by atoms with Crippen molar-refractivity contribution in [2.45, 2.75) is 23.8 Å². The van der Waals surface area contributed by atoms with Crippen LogP contribution in [-0.2, 0) is 21.2 Å². The van der Waals surface area contributed by atoms with Gasteiger partial charge in [0.1, 0.15) is 11.9 Å². The number of nitrogens with one attached hydrogen (secondary N) is 1. The zero-order valence-corrected chi connectivity index (χ0v) is 17.5. The molecule has 0 saturated heterocycles. The van der Waals surface area contributed by atoms with Crippen LogP contribution in [-0.4, -0.2) is 31.4 Å². The normalized spacial score (nSPS) is 15.7. The van der Waals surface area contributed by atoms with Gasteiger partial charge in [0, 0.05) is 0 Å². The van der Waals surface area contributed by atoms with Crippen molar-refractivity contribution >= 4 is 33.3 Å². The standard InChI is InChI=1S/C23H19FN2O5S/c24-18-6-2-3-7-19(18)25-22(27)21-14-11-15-5-1-4-8-20(15)26(21)32(30,31)17-12-9-16(10-13-17)23(28)29/h1-10,12-13,21H,11,14H2,(H,25,27)(H,28,29). The lowest BCUT2D eigenvalue weighted by molar-refractivity contribution is -0.117. The van der Waals surface area contributed by atoms with E-state index in [2.05, 4.69) is 5.32 Å². The molecule has 4 rings (SSSR count). The van der Waals surface area contributed by atoms with Crippen molar-refractivity contribution in [1.29, 1.82) is 0 Å². The number of carbonyl (C=O) groups is 2. The highest BCUT2D eigenvalue weighted by Gasteiger charge is 2.40. The third-order valence-corrected chi connectivity index (χ3v) is 7.13. The molecule has 1 amide bonds. The van der Waals surface area contributed by atoms with Crippen LogP contribution in [0.5, 0.6) is 0 Å². The fraction of sp³-hybridized carbons (Fsp3) is 0.130. The molecule has 32 heavy (non-hydrogen) atoms. The number of anilines is 2. The minimum Gasteiger partial charge on any atom is -0.478 e. The number of fused-ring (bicyclic) bond motifs is 1. The maximum Gasteiger partial charge on any atom is 0.335 e. The van der Waals surface area contributed by atoms with Gasteiger partial charge in [0.2, 0.25) is 5.91 Å². The molecule has 3 aromatic carbocycles. The molecule has 1 atom stereocenters. The summed E-state index contributed by atoms with van der Waals surface area (Å²) in [4.78, 5) is 24.1. The first kappa shape index (κ1) is 21.5. The molecule has 3 aromatic rings. The van der Waals surface area contributed by atoms with Crippen LogP contribution in [0.2, 0.25) is 0 Å². The summed E-state index contributed by atoms with van der Waals surface area (Å²) in [5.74, 6) is -2.47. The summed E-state index contributed by atoms with van der Waals surface area (Å²) in [6.45, 7) is 0. The number of halogens is 1. The van der Waals surface area contributed by atoms with E-state index in [0.717, 1.165) is 9.87 Å². The van der Waals surface area contributed by atoms with Crippen molar-refractivity contribution in [1.82, 2.24) is 0 Å². The quantitative estimate of drug-likeness (QED) is 0.612. The fourth-order valence-electron chi connectivity index (χ4n) is 3.71. The van der Waals surface area contributed by atoms with Crippen molar-refractivity contribution in [2.75, 3.05) is 9.62 Å². The Morgan fingerprint density at radius 3 is 2.31 bits per heavy atom. The number of carbonyl (C=O) groups excluding carboxylic acids is 1. The van der Waals surface area contributed by atoms with Crippen molar-refractivity contribution in [2.24, 2.45) is 0 Å². The maximum atomic E-state index is 14.1. The van der Waals surface area contributed by atoms with Crippen LogP contribution < -0.4 is 9.62 Å². The first-order valence-corrected chi connectivity index (χ1v) is 11.2. The van der Waals surface area contributed by atoms with E-state index in [-0.39, 0.29) is 22.6 Å². The first-order valence-electron chi connectivity index (χ1n) is 9.80. The Kier molecular flexibility index (Phi) is 5.67. The summed E-state index contributed by atoms with van der Waals surface area (Å²) >= 11 is 0. The Hall–Kier alpha value is -3.72. The highest BCUT2D eigenvalue weighted by molar-refractivity contribution is 7.93. The van der Waals surface area contributed by atoms with Crippen molar-refractivity contribution in [3.63, 3.8) is 0 Å². The number of nitrogens with zero attached hydrogens (tertiary/aromatic N) is 1. The lowest BCUT2D eigenvalue weighted by Gasteiger charge is -2.36. The molecule has 0 spiro atoms. The van der Waals surface area contributed by atoms with Gasteiger partial charge in [-0.15, -0.1) is 0 Å². The Balaban J connectivity index is 1.76. The van der Waals surface area contributed by atoms with E-state index in [1.54, 1.807) is 30.3 Å². The monoisotopic (exact) mass is 454 g/mol. The molecule has 0 fully saturated rings. The molecule has 0 aromatic heterocycles. The minimum atomic E-state index is -4.23. The van der Waals surface area contributed by atoms with Crippen molar-refractivity contribution < 1.29 is 27.5 Å². The van der Waals surface area contributed by atoms with Crippen LogP contribution in [0.3, 0.4) is 0 Å². The first-order chi connectivity index (χ1) is 15.3. The number of aryl methyl sites for hydroxylation is 1. The number of rotatable bonds is 5. The molecule has 0 radical (unpaired) electrons. The lowest BCUT2D eigenvalue weighted by atomic mass is 9.97. The van der Waals surface area contributed by atoms with Gasteiger partial charge in [-0.25, -0.2) is 17.6 Å². The molecule has 164 valence electrons. The van der Waals surface area contributed by atoms with Crippen LogP contribution in [0, 0.1) is 5.82 Å². The average molecular weight is 454 g/mol. The van der Waals surface area contributed by atoms with Gasteiger partial charge in [-0.2, -0.15) is 0 Å². The maximum absolute atomic E-state index is 14.1. The van der Waals surface area contributed by atoms with Crippen LogP contribution >= 0.6 is 0 Å². The van der Waals surface area contributed by atoms with Gasteiger partial charge in [0.05, 0.1) is 21.8 Å². The van der Waals surface area contributed by atoms with Gasteiger partial charge in [-0.3, -0.25) is 9.10 Å². The van der Waals surface area contributed by atoms with E-state index in [0.29, 0.717) is 12.1 Å². The Bertz CT molecular complexity index is 1290. The Morgan fingerprint density at radius 2 is 1.62 bits per heavy atom. The minimum absolute atomic E-state index is 0.0421. The molecule has 0 saturated carbocycles. The van der Waals surface area contributed by atoms with Gasteiger partial charge in [0.15, 0.2) is 0 Å². The second-order valence-corrected chi connectivity index (χ2v) is 9.10. The largest absolute Gasteiger partial charge is 0.478 e. The number of hydrogen-bond donors (Lipinski definition) is 2. The summed E-state index contributed by atoms with van der Waals surface area (Å²) < 4.78 is 42.3. The van der Waals surface area contributed by atoms with Crippen molar-refractivity contribution in [3.05, 3.63) is 89.7 Å². The van der Waals surface area contributed by atoms with E-state index in [4.69, 9.17) is 5.11 Å². The molecule has 2 N–H and O–H groups in total. The zero-order valence-electron chi connectivity index (χ0n) is 16.7. The van der Waals surface area contributed by atoms with Gasteiger partial charge in [-0.05, 0) is 60.9 Å². The molecule has 1 heterocycles. The smallest absolute Gasteiger partial charge is 0.335 e. The molecule has 0 bridgehead atoms. The Morgan fingerprint density at radius 1 is 0.969 bits per heavy atom. The van der Waals surface area contributed by atoms with E-state index in [1.165, 1.54) is 42.5 Å². The second kappa shape index (κ2) is 8.43. The predicted octanol–water partition coefficient (Wildman–Crippen LogP) is 3.67. The number of amides is 1. The summed E-state index contributed by atoms with van der Waals surface area (Å²) in [6.07, 6.45) is 0.666. The topological polar surface area (TPSA) is 104 Å². The number of hydrogen-bond acceptors (Lipinski definition) is 4. The lowest BCUT2D eigenvalue weighted by Crippen LogP contribution is -2.50. The van der Waals surface area contributed by atoms with Crippen molar-refractivity contribution in [3.8, 4) is 0 Å². The molecule has 7 nitrogen and oxygen atoms in total. The second-order valence-electron chi connectivity index (χ2n) is 7.28. The Labute approximate surface area is 184 Å². The van der Waals surface area contributed by atoms with Gasteiger partial charge >= 0.3 is 5.97 Å². The van der Waals surface area contributed by atoms with Crippen LogP contribution in [0.15, 0.2) is 77.7 Å². The average Bonchev–Trinajstić information content (AvgIpc) is 2.79. The number of carboxylic acids is 1. The zero-order chi connectivity index (χ0) is 22.9. The summed E-state index contributed by atoms with van der Waals surface area (Å²) in [7, 11) is -4.23. The third kappa shape index (κ3) is 3.94. The number of sulfonamides is 1. The fourth-order valence-corrected chi connectivity index (χ4v) is 5.39. The number of carboxylic acid groups (broad SMARTS) is 1.